The molecule has 0 radical (unpaired) electrons. The third-order valence-electron chi connectivity index (χ3n) is 6.79. The molecule has 2 aliphatic rings. The van der Waals surface area contributed by atoms with E-state index in [-0.39, 0.29) is 17.3 Å². The molecule has 2 bridgehead atoms. The SMILES string of the molecule is CC1(C)C[C@@H]2C[C@@](C)(CN2Cn2c(O)c(N=NC(=O)c3ccco3)c3cc(Br)ccc32)C1. The first-order valence-corrected chi connectivity index (χ1v) is 11.7. The van der Waals surface area contributed by atoms with E-state index in [4.69, 9.17) is 4.42 Å². The van der Waals surface area contributed by atoms with E-state index in [1.54, 1.807) is 6.07 Å². The monoisotopic (exact) mass is 498 g/mol. The van der Waals surface area contributed by atoms with Crippen molar-refractivity contribution in [2.75, 3.05) is 6.54 Å². The number of fused-ring (bicyclic) bond motifs is 3. The molecule has 3 aromatic rings. The summed E-state index contributed by atoms with van der Waals surface area (Å²) in [4.78, 5) is 14.7. The van der Waals surface area contributed by atoms with E-state index in [2.05, 4.69) is 51.8 Å². The predicted molar refractivity (Wildman–Crippen MR) is 125 cm³/mol. The van der Waals surface area contributed by atoms with Gasteiger partial charge in [-0.25, -0.2) is 0 Å². The van der Waals surface area contributed by atoms with Crippen molar-refractivity contribution in [3.63, 3.8) is 0 Å². The normalized spacial score (nSPS) is 25.2. The Hall–Kier alpha value is -2.45. The second-order valence-electron chi connectivity index (χ2n) is 10.3. The average molecular weight is 499 g/mol. The van der Waals surface area contributed by atoms with E-state index in [9.17, 15) is 9.90 Å². The molecular weight excluding hydrogens is 472 g/mol. The van der Waals surface area contributed by atoms with E-state index in [1.165, 1.54) is 25.2 Å². The van der Waals surface area contributed by atoms with Gasteiger partial charge in [0, 0.05) is 22.4 Å². The number of nitrogens with zero attached hydrogens (tertiary/aromatic N) is 4. The maximum absolute atomic E-state index is 12.2. The van der Waals surface area contributed by atoms with E-state index >= 15 is 0 Å². The van der Waals surface area contributed by atoms with Crippen LogP contribution in [0.1, 0.15) is 50.6 Å². The molecule has 32 heavy (non-hydrogen) atoms. The van der Waals surface area contributed by atoms with Crippen molar-refractivity contribution in [3.8, 4) is 5.88 Å². The van der Waals surface area contributed by atoms with Crippen molar-refractivity contribution in [2.24, 2.45) is 21.1 Å². The first-order chi connectivity index (χ1) is 15.1. The molecule has 8 heteroatoms. The largest absolute Gasteiger partial charge is 0.493 e. The van der Waals surface area contributed by atoms with Gasteiger partial charge in [-0.15, -0.1) is 10.2 Å². The standard InChI is InChI=1S/C24H27BrN4O3/c1-23(2)10-16-11-24(3,12-23)13-28(16)14-29-18-7-6-15(25)9-17(18)20(22(29)31)26-27-21(30)19-5-4-8-32-19/h4-9,16,31H,10-14H2,1-3H3/t16-,24-/m1/s1. The molecule has 1 N–H and O–H groups in total. The van der Waals surface area contributed by atoms with Gasteiger partial charge in [0.05, 0.1) is 18.4 Å². The second kappa shape index (κ2) is 7.56. The van der Waals surface area contributed by atoms with Gasteiger partial charge in [0.2, 0.25) is 5.88 Å². The smallest absolute Gasteiger partial charge is 0.331 e. The highest BCUT2D eigenvalue weighted by molar-refractivity contribution is 9.10. The topological polar surface area (TPSA) is 83.3 Å². The number of likely N-dealkylation sites (tertiary alicyclic amines) is 1. The van der Waals surface area contributed by atoms with Crippen molar-refractivity contribution >= 4 is 38.4 Å². The molecule has 168 valence electrons. The Morgan fingerprint density at radius 3 is 2.84 bits per heavy atom. The van der Waals surface area contributed by atoms with Crippen molar-refractivity contribution in [3.05, 3.63) is 46.8 Å². The van der Waals surface area contributed by atoms with Gasteiger partial charge < -0.3 is 9.52 Å². The number of hydrogen-bond acceptors (Lipinski definition) is 5. The van der Waals surface area contributed by atoms with Crippen LogP contribution < -0.4 is 0 Å². The van der Waals surface area contributed by atoms with Crippen LogP contribution in [0.5, 0.6) is 5.88 Å². The Kier molecular flexibility index (Phi) is 5.05. The number of halogens is 1. The van der Waals surface area contributed by atoms with Gasteiger partial charge >= 0.3 is 5.91 Å². The number of azo groups is 1. The fraction of sp³-hybridized carbons (Fsp3) is 0.458. The molecule has 1 aromatic carbocycles. The lowest BCUT2D eigenvalue weighted by Gasteiger charge is -2.40. The highest BCUT2D eigenvalue weighted by atomic mass is 79.9. The minimum absolute atomic E-state index is 0.0138. The lowest BCUT2D eigenvalue weighted by Crippen LogP contribution is -2.35. The molecule has 3 heterocycles. The number of aromatic hydroxyl groups is 1. The van der Waals surface area contributed by atoms with E-state index in [1.807, 2.05) is 22.8 Å². The summed E-state index contributed by atoms with van der Waals surface area (Å²) in [6.45, 7) is 8.67. The zero-order chi connectivity index (χ0) is 22.7. The summed E-state index contributed by atoms with van der Waals surface area (Å²) in [5, 5.41) is 19.8. The Balaban J connectivity index is 1.50. The van der Waals surface area contributed by atoms with Crippen LogP contribution in [0.4, 0.5) is 5.69 Å². The van der Waals surface area contributed by atoms with E-state index in [0.29, 0.717) is 23.5 Å². The predicted octanol–water partition coefficient (Wildman–Crippen LogP) is 6.48. The van der Waals surface area contributed by atoms with Crippen LogP contribution in [0, 0.1) is 10.8 Å². The molecule has 1 saturated heterocycles. The second-order valence-corrected chi connectivity index (χ2v) is 11.3. The van der Waals surface area contributed by atoms with Gasteiger partial charge in [-0.05, 0) is 60.4 Å². The number of furan rings is 1. The molecular formula is C24H27BrN4O3. The minimum atomic E-state index is -0.589. The first kappa shape index (κ1) is 21.4. The molecule has 1 saturated carbocycles. The van der Waals surface area contributed by atoms with Gasteiger partial charge in [0.15, 0.2) is 11.4 Å². The molecule has 2 fully saturated rings. The highest BCUT2D eigenvalue weighted by Gasteiger charge is 2.49. The molecule has 0 unspecified atom stereocenters. The van der Waals surface area contributed by atoms with Crippen molar-refractivity contribution in [1.82, 2.24) is 9.47 Å². The molecule has 0 spiro atoms. The number of carbonyl (C=O) groups is 1. The van der Waals surface area contributed by atoms with Crippen LogP contribution in [-0.2, 0) is 6.67 Å². The van der Waals surface area contributed by atoms with Crippen LogP contribution >= 0.6 is 15.9 Å². The van der Waals surface area contributed by atoms with Crippen LogP contribution in [0.3, 0.4) is 0 Å². The molecule has 1 aliphatic heterocycles. The van der Waals surface area contributed by atoms with Gasteiger partial charge in [-0.1, -0.05) is 36.7 Å². The summed E-state index contributed by atoms with van der Waals surface area (Å²) < 4.78 is 7.84. The van der Waals surface area contributed by atoms with Crippen molar-refractivity contribution in [2.45, 2.75) is 52.7 Å². The van der Waals surface area contributed by atoms with Gasteiger partial charge in [0.1, 0.15) is 0 Å². The van der Waals surface area contributed by atoms with E-state index in [0.717, 1.165) is 28.3 Å². The molecule has 2 atom stereocenters. The summed E-state index contributed by atoms with van der Waals surface area (Å²) in [6, 6.07) is 9.44. The molecule has 7 nitrogen and oxygen atoms in total. The first-order valence-electron chi connectivity index (χ1n) is 10.9. The zero-order valence-electron chi connectivity index (χ0n) is 18.5. The summed E-state index contributed by atoms with van der Waals surface area (Å²) in [5.41, 5.74) is 1.77. The summed E-state index contributed by atoms with van der Waals surface area (Å²) >= 11 is 3.50. The van der Waals surface area contributed by atoms with Crippen LogP contribution in [-0.4, -0.2) is 33.1 Å². The number of aromatic nitrogens is 1. The van der Waals surface area contributed by atoms with Crippen LogP contribution in [0.25, 0.3) is 10.9 Å². The number of benzene rings is 1. The Morgan fingerprint density at radius 1 is 1.28 bits per heavy atom. The van der Waals surface area contributed by atoms with E-state index < -0.39 is 5.91 Å². The molecule has 1 aliphatic carbocycles. The fourth-order valence-electron chi connectivity index (χ4n) is 6.01. The molecule has 5 rings (SSSR count). The number of hydrogen-bond donors (Lipinski definition) is 1. The average Bonchev–Trinajstić information content (AvgIpc) is 3.37. The Bertz CT molecular complexity index is 1210. The summed E-state index contributed by atoms with van der Waals surface area (Å²) in [6.07, 6.45) is 4.97. The van der Waals surface area contributed by atoms with Crippen LogP contribution in [0.15, 0.2) is 55.7 Å². The molecule has 2 aromatic heterocycles. The van der Waals surface area contributed by atoms with Crippen molar-refractivity contribution < 1.29 is 14.3 Å². The van der Waals surface area contributed by atoms with Crippen LogP contribution in [0.2, 0.25) is 0 Å². The van der Waals surface area contributed by atoms with Gasteiger partial charge in [-0.2, -0.15) is 0 Å². The van der Waals surface area contributed by atoms with Crippen molar-refractivity contribution in [1.29, 1.82) is 0 Å². The zero-order valence-corrected chi connectivity index (χ0v) is 20.1. The lowest BCUT2D eigenvalue weighted by molar-refractivity contribution is 0.0968. The Morgan fingerprint density at radius 2 is 2.09 bits per heavy atom. The fourth-order valence-corrected chi connectivity index (χ4v) is 6.37. The number of amides is 1. The maximum atomic E-state index is 12.2. The number of rotatable bonds is 4. The summed E-state index contributed by atoms with van der Waals surface area (Å²) in [5.74, 6) is -0.466. The van der Waals surface area contributed by atoms with Gasteiger partial charge in [-0.3, -0.25) is 14.3 Å². The maximum Gasteiger partial charge on any atom is 0.331 e. The minimum Gasteiger partial charge on any atom is -0.493 e. The highest BCUT2D eigenvalue weighted by Crippen LogP contribution is 2.53. The lowest BCUT2D eigenvalue weighted by atomic mass is 9.65. The third kappa shape index (κ3) is 3.79. The van der Waals surface area contributed by atoms with Gasteiger partial charge in [0.25, 0.3) is 0 Å². The third-order valence-corrected chi connectivity index (χ3v) is 7.28. The molecule has 1 amide bonds. The quantitative estimate of drug-likeness (QED) is 0.416. The summed E-state index contributed by atoms with van der Waals surface area (Å²) in [7, 11) is 0. The number of carbonyl (C=O) groups excluding carboxylic acids is 1. The Labute approximate surface area is 195 Å².